The van der Waals surface area contributed by atoms with Crippen LogP contribution in [0.15, 0.2) is 47.4 Å². The van der Waals surface area contributed by atoms with Crippen LogP contribution in [0.5, 0.6) is 5.75 Å². The number of carbonyl (C=O) groups excluding carboxylic acids is 1. The highest BCUT2D eigenvalue weighted by atomic mass is 32.2. The molecule has 4 rings (SSSR count). The average Bonchev–Trinajstić information content (AvgIpc) is 2.87. The summed E-state index contributed by atoms with van der Waals surface area (Å²) in [4.78, 5) is 12.3. The summed E-state index contributed by atoms with van der Waals surface area (Å²) in [6.45, 7) is 1.98. The monoisotopic (exact) mass is 432 g/mol. The maximum absolute atomic E-state index is 13.9. The minimum absolute atomic E-state index is 0.0414. The highest BCUT2D eigenvalue weighted by Gasteiger charge is 2.42. The molecule has 0 saturated heterocycles. The lowest BCUT2D eigenvalue weighted by atomic mass is 9.82. The fourth-order valence-electron chi connectivity index (χ4n) is 4.22. The summed E-state index contributed by atoms with van der Waals surface area (Å²) in [7, 11) is -2.26. The number of halogens is 1. The molecule has 0 unspecified atom stereocenters. The summed E-state index contributed by atoms with van der Waals surface area (Å²) in [5.74, 6) is -0.138. The summed E-state index contributed by atoms with van der Waals surface area (Å²) in [6.07, 6.45) is 2.38. The van der Waals surface area contributed by atoms with Crippen LogP contribution in [0.2, 0.25) is 0 Å². The summed E-state index contributed by atoms with van der Waals surface area (Å²) < 4.78 is 47.5. The third-order valence-corrected chi connectivity index (χ3v) is 8.14. The van der Waals surface area contributed by atoms with E-state index < -0.39 is 21.4 Å². The predicted octanol–water partition coefficient (Wildman–Crippen LogP) is 3.26. The van der Waals surface area contributed by atoms with Gasteiger partial charge >= 0.3 is 0 Å². The van der Waals surface area contributed by atoms with Gasteiger partial charge in [0.15, 0.2) is 0 Å². The van der Waals surface area contributed by atoms with Crippen molar-refractivity contribution < 1.29 is 22.3 Å². The van der Waals surface area contributed by atoms with Gasteiger partial charge in [-0.25, -0.2) is 12.8 Å². The van der Waals surface area contributed by atoms with Gasteiger partial charge in [-0.05, 0) is 62.4 Å². The molecule has 30 heavy (non-hydrogen) atoms. The van der Waals surface area contributed by atoms with Gasteiger partial charge in [0.25, 0.3) is 5.91 Å². The van der Waals surface area contributed by atoms with E-state index in [0.29, 0.717) is 49.1 Å². The highest BCUT2D eigenvalue weighted by Crippen LogP contribution is 2.38. The Bertz CT molecular complexity index is 1080. The van der Waals surface area contributed by atoms with Gasteiger partial charge in [-0.2, -0.15) is 4.31 Å². The largest absolute Gasteiger partial charge is 0.485 e. The van der Waals surface area contributed by atoms with E-state index in [0.717, 1.165) is 6.07 Å². The molecule has 160 valence electrons. The zero-order chi connectivity index (χ0) is 21.5. The molecule has 2 aliphatic rings. The third kappa shape index (κ3) is 3.70. The van der Waals surface area contributed by atoms with Crippen LogP contribution >= 0.6 is 0 Å². The van der Waals surface area contributed by atoms with E-state index in [9.17, 15) is 17.6 Å². The maximum atomic E-state index is 13.9. The molecule has 1 aliphatic heterocycles. The lowest BCUT2D eigenvalue weighted by molar-refractivity contribution is 0.0196. The molecule has 1 aliphatic carbocycles. The lowest BCUT2D eigenvalue weighted by Gasteiger charge is -2.41. The van der Waals surface area contributed by atoms with E-state index in [1.54, 1.807) is 32.2 Å². The van der Waals surface area contributed by atoms with E-state index in [-0.39, 0.29) is 16.8 Å². The second-order valence-electron chi connectivity index (χ2n) is 8.13. The molecule has 1 fully saturated rings. The molecule has 0 bridgehead atoms. The molecule has 2 aromatic rings. The summed E-state index contributed by atoms with van der Waals surface area (Å²) in [5, 5.41) is 2.94. The first-order chi connectivity index (χ1) is 14.2. The van der Waals surface area contributed by atoms with Gasteiger partial charge in [-0.1, -0.05) is 18.2 Å². The van der Waals surface area contributed by atoms with Gasteiger partial charge in [-0.3, -0.25) is 4.79 Å². The van der Waals surface area contributed by atoms with Gasteiger partial charge in [0, 0.05) is 13.1 Å². The van der Waals surface area contributed by atoms with Gasteiger partial charge in [-0.15, -0.1) is 0 Å². The molecule has 0 radical (unpaired) electrons. The quantitative estimate of drug-likeness (QED) is 0.808. The van der Waals surface area contributed by atoms with E-state index in [2.05, 4.69) is 5.32 Å². The van der Waals surface area contributed by atoms with Crippen LogP contribution in [0, 0.1) is 12.7 Å². The zero-order valence-electron chi connectivity index (χ0n) is 17.0. The first-order valence-corrected chi connectivity index (χ1v) is 11.5. The molecule has 0 aromatic heterocycles. The second-order valence-corrected chi connectivity index (χ2v) is 10.1. The van der Waals surface area contributed by atoms with E-state index in [4.69, 9.17) is 4.74 Å². The number of sulfonamides is 1. The molecule has 6 nitrogen and oxygen atoms in total. The van der Waals surface area contributed by atoms with Crippen molar-refractivity contribution in [1.29, 1.82) is 0 Å². The van der Waals surface area contributed by atoms with Gasteiger partial charge in [0.05, 0.1) is 17.0 Å². The number of ether oxygens (including phenoxy) is 1. The number of amides is 1. The van der Waals surface area contributed by atoms with E-state index in [1.807, 2.05) is 6.07 Å². The van der Waals surface area contributed by atoms with Crippen LogP contribution in [0.3, 0.4) is 0 Å². The van der Waals surface area contributed by atoms with Crippen molar-refractivity contribution in [2.45, 2.75) is 49.1 Å². The van der Waals surface area contributed by atoms with Crippen LogP contribution in [0.25, 0.3) is 0 Å². The Morgan fingerprint density at radius 2 is 1.87 bits per heavy atom. The minimum atomic E-state index is -3.80. The van der Waals surface area contributed by atoms with Gasteiger partial charge in [0.1, 0.15) is 17.2 Å². The zero-order valence-corrected chi connectivity index (χ0v) is 17.8. The normalized spacial score (nSPS) is 24.1. The number of nitrogens with one attached hydrogen (secondary N) is 1. The lowest BCUT2D eigenvalue weighted by Crippen LogP contribution is -2.51. The molecule has 1 saturated carbocycles. The molecule has 8 heteroatoms. The Morgan fingerprint density at radius 1 is 1.17 bits per heavy atom. The van der Waals surface area contributed by atoms with Crippen LogP contribution in [-0.4, -0.2) is 43.9 Å². The number of para-hydroxylation sites is 1. The van der Waals surface area contributed by atoms with E-state index in [1.165, 1.54) is 16.4 Å². The number of fused-ring (bicyclic) bond motifs is 1. The molecule has 1 spiro atoms. The van der Waals surface area contributed by atoms with Crippen molar-refractivity contribution in [1.82, 2.24) is 9.62 Å². The molecule has 1 N–H and O–H groups in total. The van der Waals surface area contributed by atoms with Crippen LogP contribution in [0.1, 0.15) is 41.6 Å². The minimum Gasteiger partial charge on any atom is -0.485 e. The first kappa shape index (κ1) is 20.8. The number of carbonyl (C=O) groups is 1. The Labute approximate surface area is 176 Å². The smallest absolute Gasteiger partial charge is 0.255 e. The molecule has 0 atom stereocenters. The third-order valence-electron chi connectivity index (χ3n) is 6.23. The van der Waals surface area contributed by atoms with Gasteiger partial charge < -0.3 is 10.1 Å². The van der Waals surface area contributed by atoms with Crippen molar-refractivity contribution in [2.24, 2.45) is 0 Å². The fourth-order valence-corrected chi connectivity index (χ4v) is 5.65. The standard InChI is InChI=1S/C22H25FN2O4S/c1-15-7-8-17(13-19(15)23)30(27,28)25(2)16-9-11-22(12-10-16)14-24-21(26)18-5-3-4-6-20(18)29-22/h3-8,13,16H,9-12,14H2,1-2H3,(H,24,26). The second kappa shape index (κ2) is 7.67. The first-order valence-electron chi connectivity index (χ1n) is 10.0. The van der Waals surface area contributed by atoms with Crippen molar-refractivity contribution in [3.8, 4) is 5.75 Å². The Morgan fingerprint density at radius 3 is 2.57 bits per heavy atom. The number of hydrogen-bond acceptors (Lipinski definition) is 4. The van der Waals surface area contributed by atoms with Gasteiger partial charge in [0.2, 0.25) is 10.0 Å². The fraction of sp³-hybridized carbons (Fsp3) is 0.409. The summed E-state index contributed by atoms with van der Waals surface area (Å²) in [6, 6.07) is 10.9. The summed E-state index contributed by atoms with van der Waals surface area (Å²) >= 11 is 0. The highest BCUT2D eigenvalue weighted by molar-refractivity contribution is 7.89. The Hall–Kier alpha value is -2.45. The van der Waals surface area contributed by atoms with Crippen LogP contribution < -0.4 is 10.1 Å². The van der Waals surface area contributed by atoms with Crippen LogP contribution in [0.4, 0.5) is 4.39 Å². The molecule has 2 aromatic carbocycles. The maximum Gasteiger partial charge on any atom is 0.255 e. The van der Waals surface area contributed by atoms with Crippen molar-refractivity contribution >= 4 is 15.9 Å². The Balaban J connectivity index is 1.50. The van der Waals surface area contributed by atoms with Crippen molar-refractivity contribution in [3.63, 3.8) is 0 Å². The predicted molar refractivity (Wildman–Crippen MR) is 110 cm³/mol. The topological polar surface area (TPSA) is 75.7 Å². The SMILES string of the molecule is Cc1ccc(S(=O)(=O)N(C)C2CCC3(CC2)CNC(=O)c2ccccc2O3)cc1F. The molecule has 1 amide bonds. The number of benzene rings is 2. The number of nitrogens with zero attached hydrogens (tertiary/aromatic N) is 1. The number of hydrogen-bond donors (Lipinski definition) is 1. The van der Waals surface area contributed by atoms with Crippen molar-refractivity contribution in [3.05, 3.63) is 59.4 Å². The average molecular weight is 433 g/mol. The molecular formula is C22H25FN2O4S. The Kier molecular flexibility index (Phi) is 5.32. The molecular weight excluding hydrogens is 407 g/mol. The number of rotatable bonds is 3. The summed E-state index contributed by atoms with van der Waals surface area (Å²) in [5.41, 5.74) is 0.362. The van der Waals surface area contributed by atoms with E-state index >= 15 is 0 Å². The molecule has 1 heterocycles. The van der Waals surface area contributed by atoms with Crippen molar-refractivity contribution in [2.75, 3.05) is 13.6 Å². The van der Waals surface area contributed by atoms with Crippen LogP contribution in [-0.2, 0) is 10.0 Å². The number of aryl methyl sites for hydroxylation is 1.